The molecule has 132 valence electrons. The average Bonchev–Trinajstić information content (AvgIpc) is 3.39. The van der Waals surface area contributed by atoms with Crippen LogP contribution in [0.15, 0.2) is 22.9 Å². The van der Waals surface area contributed by atoms with Gasteiger partial charge in [0.1, 0.15) is 5.82 Å². The fraction of sp³-hybridized carbons (Fsp3) is 0.556. The quantitative estimate of drug-likeness (QED) is 0.897. The van der Waals surface area contributed by atoms with Gasteiger partial charge in [-0.1, -0.05) is 5.16 Å². The highest BCUT2D eigenvalue weighted by Crippen LogP contribution is 2.31. The summed E-state index contributed by atoms with van der Waals surface area (Å²) in [7, 11) is 0. The van der Waals surface area contributed by atoms with Gasteiger partial charge in [0.05, 0.1) is 11.5 Å². The maximum atomic E-state index is 12.5. The lowest BCUT2D eigenvalue weighted by Gasteiger charge is -2.33. The summed E-state index contributed by atoms with van der Waals surface area (Å²) < 4.78 is 5.32. The van der Waals surface area contributed by atoms with Crippen LogP contribution in [0, 0.1) is 18.8 Å². The molecule has 7 heteroatoms. The summed E-state index contributed by atoms with van der Waals surface area (Å²) in [6.45, 7) is 4.17. The molecule has 7 nitrogen and oxygen atoms in total. The monoisotopic (exact) mass is 341 g/mol. The summed E-state index contributed by atoms with van der Waals surface area (Å²) >= 11 is 0. The number of carbonyl (C=O) groups excluding carboxylic acids is 1. The van der Waals surface area contributed by atoms with Crippen LogP contribution in [0.25, 0.3) is 11.5 Å². The van der Waals surface area contributed by atoms with Gasteiger partial charge in [0.2, 0.25) is 5.91 Å². The highest BCUT2D eigenvalue weighted by atomic mass is 16.5. The van der Waals surface area contributed by atoms with Gasteiger partial charge in [-0.3, -0.25) is 4.79 Å². The third-order valence-corrected chi connectivity index (χ3v) is 4.90. The molecular formula is C18H23N5O2. The topological polar surface area (TPSA) is 84.2 Å². The standard InChI is InChI=1S/C18H23N5O2/c1-12-21-18(25-22-12)15-5-2-8-19-16(15)23-9-3-4-14(11-23)17(24)20-10-13-6-7-13/h2,5,8,13-14H,3-4,6-7,9-11H2,1H3,(H,20,24)/t14-/m0/s1. The Labute approximate surface area is 146 Å². The van der Waals surface area contributed by atoms with Crippen LogP contribution in [-0.4, -0.2) is 40.7 Å². The number of hydrogen-bond acceptors (Lipinski definition) is 6. The molecule has 4 rings (SSSR count). The fourth-order valence-electron chi connectivity index (χ4n) is 3.32. The van der Waals surface area contributed by atoms with Crippen molar-refractivity contribution in [1.29, 1.82) is 0 Å². The SMILES string of the molecule is Cc1noc(-c2cccnc2N2CCC[C@H](C(=O)NCC3CC3)C2)n1. The van der Waals surface area contributed by atoms with Crippen LogP contribution < -0.4 is 10.2 Å². The van der Waals surface area contributed by atoms with E-state index in [2.05, 4.69) is 25.3 Å². The summed E-state index contributed by atoms with van der Waals surface area (Å²) in [6, 6.07) is 3.80. The molecule has 2 aromatic heterocycles. The second-order valence-corrected chi connectivity index (χ2v) is 7.00. The normalized spacial score (nSPS) is 20.5. The molecule has 25 heavy (non-hydrogen) atoms. The number of anilines is 1. The first-order valence-electron chi connectivity index (χ1n) is 8.99. The van der Waals surface area contributed by atoms with Crippen LogP contribution in [0.5, 0.6) is 0 Å². The van der Waals surface area contributed by atoms with Gasteiger partial charge in [0, 0.05) is 25.8 Å². The minimum absolute atomic E-state index is 0.00628. The molecule has 0 radical (unpaired) electrons. The number of nitrogens with zero attached hydrogens (tertiary/aromatic N) is 4. The van der Waals surface area contributed by atoms with Crippen molar-refractivity contribution in [1.82, 2.24) is 20.4 Å². The van der Waals surface area contributed by atoms with Crippen molar-refractivity contribution in [3.8, 4) is 11.5 Å². The minimum Gasteiger partial charge on any atom is -0.356 e. The highest BCUT2D eigenvalue weighted by Gasteiger charge is 2.30. The Morgan fingerprint density at radius 2 is 2.28 bits per heavy atom. The number of nitrogens with one attached hydrogen (secondary N) is 1. The van der Waals surface area contributed by atoms with E-state index in [0.717, 1.165) is 37.3 Å². The summed E-state index contributed by atoms with van der Waals surface area (Å²) in [5, 5.41) is 6.98. The Bertz CT molecular complexity index is 755. The molecular weight excluding hydrogens is 318 g/mol. The molecule has 0 spiro atoms. The molecule has 3 heterocycles. The number of carbonyl (C=O) groups is 1. The number of rotatable bonds is 5. The second-order valence-electron chi connectivity index (χ2n) is 7.00. The van der Waals surface area contributed by atoms with Gasteiger partial charge in [-0.25, -0.2) is 4.98 Å². The fourth-order valence-corrected chi connectivity index (χ4v) is 3.32. The Balaban J connectivity index is 1.50. The number of pyridine rings is 1. The number of hydrogen-bond donors (Lipinski definition) is 1. The van der Waals surface area contributed by atoms with E-state index in [4.69, 9.17) is 4.52 Å². The van der Waals surface area contributed by atoms with Gasteiger partial charge in [0.15, 0.2) is 5.82 Å². The van der Waals surface area contributed by atoms with E-state index in [9.17, 15) is 4.79 Å². The molecule has 1 atom stereocenters. The third-order valence-electron chi connectivity index (χ3n) is 4.90. The van der Waals surface area contributed by atoms with Gasteiger partial charge in [0.25, 0.3) is 5.89 Å². The van der Waals surface area contributed by atoms with Crippen LogP contribution in [0.4, 0.5) is 5.82 Å². The van der Waals surface area contributed by atoms with Gasteiger partial charge in [-0.05, 0) is 50.7 Å². The molecule has 2 aliphatic rings. The number of amides is 1. The molecule has 1 saturated carbocycles. The van der Waals surface area contributed by atoms with E-state index in [1.54, 1.807) is 13.1 Å². The van der Waals surface area contributed by atoms with Crippen LogP contribution in [-0.2, 0) is 4.79 Å². The molecule has 0 aromatic carbocycles. The maximum absolute atomic E-state index is 12.5. The largest absolute Gasteiger partial charge is 0.356 e. The van der Waals surface area contributed by atoms with Crippen molar-refractivity contribution >= 4 is 11.7 Å². The van der Waals surface area contributed by atoms with Crippen LogP contribution >= 0.6 is 0 Å². The minimum atomic E-state index is 0.00628. The molecule has 0 bridgehead atoms. The molecule has 1 amide bonds. The first kappa shape index (κ1) is 16.1. The highest BCUT2D eigenvalue weighted by molar-refractivity contribution is 5.80. The Morgan fingerprint density at radius 3 is 3.04 bits per heavy atom. The number of aromatic nitrogens is 3. The van der Waals surface area contributed by atoms with Crippen molar-refractivity contribution in [3.05, 3.63) is 24.2 Å². The van der Waals surface area contributed by atoms with Crippen molar-refractivity contribution in [2.24, 2.45) is 11.8 Å². The van der Waals surface area contributed by atoms with E-state index in [0.29, 0.717) is 24.2 Å². The molecule has 0 unspecified atom stereocenters. The van der Waals surface area contributed by atoms with Crippen molar-refractivity contribution in [2.75, 3.05) is 24.5 Å². The van der Waals surface area contributed by atoms with Crippen molar-refractivity contribution in [3.63, 3.8) is 0 Å². The van der Waals surface area contributed by atoms with E-state index in [1.807, 2.05) is 12.1 Å². The smallest absolute Gasteiger partial charge is 0.261 e. The summed E-state index contributed by atoms with van der Waals surface area (Å²) in [5.74, 6) is 2.76. The first-order valence-corrected chi connectivity index (χ1v) is 8.99. The number of piperidine rings is 1. The van der Waals surface area contributed by atoms with Gasteiger partial charge in [-0.15, -0.1) is 0 Å². The van der Waals surface area contributed by atoms with E-state index < -0.39 is 0 Å². The lowest BCUT2D eigenvalue weighted by Crippen LogP contribution is -2.44. The zero-order valence-electron chi connectivity index (χ0n) is 14.4. The molecule has 1 N–H and O–H groups in total. The maximum Gasteiger partial charge on any atom is 0.261 e. The van der Waals surface area contributed by atoms with Crippen LogP contribution in [0.3, 0.4) is 0 Å². The Kier molecular flexibility index (Phi) is 4.38. The lowest BCUT2D eigenvalue weighted by atomic mass is 9.96. The van der Waals surface area contributed by atoms with E-state index in [1.165, 1.54) is 12.8 Å². The second kappa shape index (κ2) is 6.82. The molecule has 2 fully saturated rings. The number of aryl methyl sites for hydroxylation is 1. The van der Waals surface area contributed by atoms with Gasteiger partial charge < -0.3 is 14.7 Å². The van der Waals surface area contributed by atoms with Gasteiger partial charge in [-0.2, -0.15) is 4.98 Å². The predicted molar refractivity (Wildman–Crippen MR) is 92.9 cm³/mol. The first-order chi connectivity index (χ1) is 12.2. The van der Waals surface area contributed by atoms with Crippen LogP contribution in [0.1, 0.15) is 31.5 Å². The van der Waals surface area contributed by atoms with Gasteiger partial charge >= 0.3 is 0 Å². The summed E-state index contributed by atoms with van der Waals surface area (Å²) in [5.41, 5.74) is 0.821. The van der Waals surface area contributed by atoms with Crippen LogP contribution in [0.2, 0.25) is 0 Å². The predicted octanol–water partition coefficient (Wildman–Crippen LogP) is 2.18. The lowest BCUT2D eigenvalue weighted by molar-refractivity contribution is -0.125. The molecule has 1 aliphatic heterocycles. The zero-order chi connectivity index (χ0) is 17.2. The Morgan fingerprint density at radius 1 is 1.40 bits per heavy atom. The molecule has 1 saturated heterocycles. The summed E-state index contributed by atoms with van der Waals surface area (Å²) in [6.07, 6.45) is 6.16. The van der Waals surface area contributed by atoms with E-state index in [-0.39, 0.29) is 11.8 Å². The zero-order valence-corrected chi connectivity index (χ0v) is 14.4. The van der Waals surface area contributed by atoms with Crippen molar-refractivity contribution < 1.29 is 9.32 Å². The molecule has 2 aromatic rings. The van der Waals surface area contributed by atoms with E-state index >= 15 is 0 Å². The molecule has 1 aliphatic carbocycles. The Hall–Kier alpha value is -2.44. The van der Waals surface area contributed by atoms with Crippen molar-refractivity contribution in [2.45, 2.75) is 32.6 Å². The third kappa shape index (κ3) is 3.65. The summed E-state index contributed by atoms with van der Waals surface area (Å²) in [4.78, 5) is 23.5. The average molecular weight is 341 g/mol.